The Morgan fingerprint density at radius 2 is 1.76 bits per heavy atom. The van der Waals surface area contributed by atoms with Crippen LogP contribution in [0.25, 0.3) is 0 Å². The summed E-state index contributed by atoms with van der Waals surface area (Å²) in [6.07, 6.45) is 0.460. The minimum Gasteiger partial charge on any atom is -0.497 e. The molecule has 0 amide bonds. The molecule has 0 aromatic heterocycles. The minimum atomic E-state index is -1.33. The second-order valence-corrected chi connectivity index (χ2v) is 7.27. The summed E-state index contributed by atoms with van der Waals surface area (Å²) >= 11 is 1.71. The molecule has 0 unspecified atom stereocenters. The van der Waals surface area contributed by atoms with Gasteiger partial charge in [-0.15, -0.1) is 11.8 Å². The average molecular weight is 364 g/mol. The molecule has 5 heteroatoms. The van der Waals surface area contributed by atoms with Gasteiger partial charge in [0.25, 0.3) is 0 Å². The molecule has 0 spiro atoms. The fraction of sp³-hybridized carbons (Fsp3) is 0.400. The highest BCUT2D eigenvalue weighted by molar-refractivity contribution is 7.98. The summed E-state index contributed by atoms with van der Waals surface area (Å²) in [5.74, 6) is 1.70. The normalized spacial score (nSPS) is 22.4. The lowest BCUT2D eigenvalue weighted by Crippen LogP contribution is -2.42. The monoisotopic (exact) mass is 364 g/mol. The Balaban J connectivity index is 1.52. The molecule has 1 aliphatic rings. The largest absolute Gasteiger partial charge is 0.497 e. The van der Waals surface area contributed by atoms with E-state index in [-0.39, 0.29) is 12.7 Å². The number of hydrogen-bond acceptors (Lipinski definition) is 3. The van der Waals surface area contributed by atoms with Crippen LogP contribution in [0.3, 0.4) is 0 Å². The molecule has 134 valence electrons. The second kappa shape index (κ2) is 8.19. The van der Waals surface area contributed by atoms with Gasteiger partial charge in [0.15, 0.2) is 0 Å². The molecule has 0 aliphatic heterocycles. The molecule has 0 saturated heterocycles. The number of thioether (sulfide) groups is 1. The fourth-order valence-electron chi connectivity index (χ4n) is 2.97. The first-order chi connectivity index (χ1) is 12.1. The Bertz CT molecular complexity index is 667. The lowest BCUT2D eigenvalue weighted by molar-refractivity contribution is -0.102. The Morgan fingerprint density at radius 3 is 2.36 bits per heavy atom. The highest BCUT2D eigenvalue weighted by atomic mass is 32.2. The van der Waals surface area contributed by atoms with Crippen LogP contribution in [-0.2, 0) is 16.2 Å². The van der Waals surface area contributed by atoms with Gasteiger partial charge in [-0.1, -0.05) is 24.3 Å². The summed E-state index contributed by atoms with van der Waals surface area (Å²) in [5, 5.41) is 0. The highest BCUT2D eigenvalue weighted by Gasteiger charge is 2.46. The zero-order valence-electron chi connectivity index (χ0n) is 14.2. The van der Waals surface area contributed by atoms with Crippen LogP contribution in [0.15, 0.2) is 53.4 Å². The van der Waals surface area contributed by atoms with Crippen LogP contribution >= 0.6 is 11.8 Å². The first-order valence-corrected chi connectivity index (χ1v) is 9.34. The van der Waals surface area contributed by atoms with E-state index in [4.69, 9.17) is 9.47 Å². The first kappa shape index (κ1) is 18.2. The molecule has 1 saturated carbocycles. The molecule has 2 aromatic rings. The number of alkyl halides is 2. The van der Waals surface area contributed by atoms with E-state index in [2.05, 4.69) is 0 Å². The fourth-order valence-corrected chi connectivity index (χ4v) is 3.82. The first-order valence-electron chi connectivity index (χ1n) is 8.36. The van der Waals surface area contributed by atoms with Crippen molar-refractivity contribution in [2.75, 3.05) is 20.4 Å². The number of benzene rings is 2. The summed E-state index contributed by atoms with van der Waals surface area (Å²) in [5.41, 5.74) is 0.560. The Hall–Kier alpha value is -1.59. The molecule has 1 fully saturated rings. The maximum absolute atomic E-state index is 14.8. The highest BCUT2D eigenvalue weighted by Crippen LogP contribution is 2.46. The van der Waals surface area contributed by atoms with Crippen LogP contribution in [0, 0.1) is 0 Å². The second-order valence-electron chi connectivity index (χ2n) is 6.22. The van der Waals surface area contributed by atoms with Crippen molar-refractivity contribution in [2.45, 2.75) is 35.3 Å². The molecule has 3 rings (SSSR count). The van der Waals surface area contributed by atoms with E-state index in [1.807, 2.05) is 48.5 Å². The predicted octanol–water partition coefficient (Wildman–Crippen LogP) is 5.30. The Morgan fingerprint density at radius 1 is 1.08 bits per heavy atom. The van der Waals surface area contributed by atoms with Gasteiger partial charge in [0.2, 0.25) is 0 Å². The van der Waals surface area contributed by atoms with Crippen molar-refractivity contribution >= 4 is 11.8 Å². The van der Waals surface area contributed by atoms with Crippen molar-refractivity contribution in [2.24, 2.45) is 0 Å². The van der Waals surface area contributed by atoms with Gasteiger partial charge >= 0.3 is 0 Å². The number of hydrogen-bond donors (Lipinski definition) is 0. The molecule has 0 atom stereocenters. The molecule has 2 aromatic carbocycles. The molecule has 1 aliphatic carbocycles. The average Bonchev–Trinajstić information content (AvgIpc) is 2.63. The van der Waals surface area contributed by atoms with Crippen molar-refractivity contribution < 1.29 is 18.3 Å². The van der Waals surface area contributed by atoms with Gasteiger partial charge in [-0.25, -0.2) is 8.78 Å². The van der Waals surface area contributed by atoms with Crippen molar-refractivity contribution in [3.8, 4) is 5.75 Å². The van der Waals surface area contributed by atoms with Crippen LogP contribution in [0.5, 0.6) is 5.75 Å². The van der Waals surface area contributed by atoms with Gasteiger partial charge in [0.05, 0.1) is 19.8 Å². The number of ether oxygens (including phenoxy) is 2. The van der Waals surface area contributed by atoms with Gasteiger partial charge < -0.3 is 9.47 Å². The standard InChI is InChI=1S/C20H22F2O2S/c1-23-17-6-2-15(3-7-17)14-25-19-8-4-16(5-9-19)20(22)12-18(13-20)24-11-10-21/h2-9,18H,10-14H2,1H3/t18-,20+. The van der Waals surface area contributed by atoms with Gasteiger partial charge in [-0.3, -0.25) is 0 Å². The molecule has 2 nitrogen and oxygen atoms in total. The van der Waals surface area contributed by atoms with Crippen LogP contribution in [0.4, 0.5) is 8.78 Å². The van der Waals surface area contributed by atoms with E-state index < -0.39 is 12.3 Å². The van der Waals surface area contributed by atoms with Crippen molar-refractivity contribution in [1.82, 2.24) is 0 Å². The van der Waals surface area contributed by atoms with Gasteiger partial charge in [0, 0.05) is 23.5 Å². The zero-order chi connectivity index (χ0) is 17.7. The van der Waals surface area contributed by atoms with E-state index in [9.17, 15) is 8.78 Å². The summed E-state index contributed by atoms with van der Waals surface area (Å²) in [7, 11) is 1.65. The molecule has 0 bridgehead atoms. The quantitative estimate of drug-likeness (QED) is 0.592. The van der Waals surface area contributed by atoms with Crippen molar-refractivity contribution in [3.63, 3.8) is 0 Å². The van der Waals surface area contributed by atoms with Gasteiger partial charge in [-0.2, -0.15) is 0 Å². The van der Waals surface area contributed by atoms with Crippen molar-refractivity contribution in [1.29, 1.82) is 0 Å². The molecule has 0 radical (unpaired) electrons. The summed E-state index contributed by atoms with van der Waals surface area (Å²) in [4.78, 5) is 1.10. The SMILES string of the molecule is COc1ccc(CSc2ccc([C@]3(F)C[C@@H](OCCF)C3)cc2)cc1. The molecule has 25 heavy (non-hydrogen) atoms. The Kier molecular flexibility index (Phi) is 5.97. The van der Waals surface area contributed by atoms with Crippen LogP contribution in [-0.4, -0.2) is 26.5 Å². The lowest BCUT2D eigenvalue weighted by atomic mass is 9.74. The predicted molar refractivity (Wildman–Crippen MR) is 96.7 cm³/mol. The van der Waals surface area contributed by atoms with E-state index in [0.717, 1.165) is 16.4 Å². The van der Waals surface area contributed by atoms with E-state index in [1.54, 1.807) is 18.9 Å². The van der Waals surface area contributed by atoms with Crippen LogP contribution in [0.2, 0.25) is 0 Å². The number of methoxy groups -OCH3 is 1. The third kappa shape index (κ3) is 4.53. The number of rotatable bonds is 8. The number of halogens is 2. The smallest absolute Gasteiger partial charge is 0.140 e. The Labute approximate surface area is 151 Å². The molecular formula is C20H22F2O2S. The van der Waals surface area contributed by atoms with Gasteiger partial charge in [-0.05, 0) is 35.4 Å². The molecule has 0 heterocycles. The maximum atomic E-state index is 14.8. The van der Waals surface area contributed by atoms with E-state index in [0.29, 0.717) is 18.4 Å². The van der Waals surface area contributed by atoms with Crippen LogP contribution < -0.4 is 4.74 Å². The minimum absolute atomic E-state index is 0.0572. The molecule has 0 N–H and O–H groups in total. The maximum Gasteiger partial charge on any atom is 0.140 e. The lowest BCUT2D eigenvalue weighted by Gasteiger charge is -2.41. The topological polar surface area (TPSA) is 18.5 Å². The van der Waals surface area contributed by atoms with Crippen molar-refractivity contribution in [3.05, 3.63) is 59.7 Å². The van der Waals surface area contributed by atoms with Gasteiger partial charge in [0.1, 0.15) is 18.1 Å². The summed E-state index contributed by atoms with van der Waals surface area (Å²) in [6.45, 7) is -0.461. The zero-order valence-corrected chi connectivity index (χ0v) is 15.0. The third-order valence-corrected chi connectivity index (χ3v) is 5.55. The summed E-state index contributed by atoms with van der Waals surface area (Å²) < 4.78 is 37.3. The molecular weight excluding hydrogens is 342 g/mol. The van der Waals surface area contributed by atoms with E-state index >= 15 is 0 Å². The van der Waals surface area contributed by atoms with Crippen LogP contribution in [0.1, 0.15) is 24.0 Å². The van der Waals surface area contributed by atoms with E-state index in [1.165, 1.54) is 5.56 Å². The summed E-state index contributed by atoms with van der Waals surface area (Å²) in [6, 6.07) is 15.6. The third-order valence-electron chi connectivity index (χ3n) is 4.47.